The summed E-state index contributed by atoms with van der Waals surface area (Å²) in [5, 5.41) is 0. The predicted molar refractivity (Wildman–Crippen MR) is 51.3 cm³/mol. The number of hydrogen-bond donors (Lipinski definition) is 0. The molecule has 0 aliphatic carbocycles. The minimum atomic E-state index is -0.414. The van der Waals surface area contributed by atoms with Gasteiger partial charge in [-0.15, -0.1) is 0 Å². The van der Waals surface area contributed by atoms with Gasteiger partial charge in [0.2, 0.25) is 0 Å². The molecule has 0 fully saturated rings. The van der Waals surface area contributed by atoms with Crippen molar-refractivity contribution in [3.8, 4) is 0 Å². The van der Waals surface area contributed by atoms with Crippen LogP contribution >= 0.6 is 0 Å². The van der Waals surface area contributed by atoms with Crippen LogP contribution in [-0.4, -0.2) is 23.9 Å². The number of aryl methyl sites for hydroxylation is 1. The van der Waals surface area contributed by atoms with Crippen LogP contribution in [0.2, 0.25) is 0 Å². The molecule has 4 nitrogen and oxygen atoms in total. The van der Waals surface area contributed by atoms with Crippen LogP contribution in [0.3, 0.4) is 0 Å². The van der Waals surface area contributed by atoms with Gasteiger partial charge < -0.3 is 14.1 Å². The third-order valence-corrected chi connectivity index (χ3v) is 2.27. The number of nitrogens with zero attached hydrogens (tertiary/aromatic N) is 1. The second-order valence-corrected chi connectivity index (χ2v) is 3.07. The predicted octanol–water partition coefficient (Wildman–Crippen LogP) is 1.09. The standard InChI is InChI=1S/C10H13NO3/c1-7-6-9(10(13)14-3)11(4-5-12)8(7)2/h5-6H,4H2,1-3H3. The van der Waals surface area contributed by atoms with E-state index in [-0.39, 0.29) is 6.54 Å². The molecule has 1 heterocycles. The lowest BCUT2D eigenvalue weighted by Gasteiger charge is -2.05. The molecule has 0 aliphatic rings. The van der Waals surface area contributed by atoms with E-state index >= 15 is 0 Å². The highest BCUT2D eigenvalue weighted by Crippen LogP contribution is 2.14. The third-order valence-electron chi connectivity index (χ3n) is 2.27. The average molecular weight is 195 g/mol. The molecule has 0 N–H and O–H groups in total. The van der Waals surface area contributed by atoms with Crippen LogP contribution in [0.15, 0.2) is 6.07 Å². The van der Waals surface area contributed by atoms with Gasteiger partial charge in [-0.05, 0) is 25.5 Å². The number of aldehydes is 1. The Kier molecular flexibility index (Phi) is 3.06. The molecule has 14 heavy (non-hydrogen) atoms. The van der Waals surface area contributed by atoms with Crippen LogP contribution in [-0.2, 0) is 16.1 Å². The van der Waals surface area contributed by atoms with E-state index in [1.807, 2.05) is 13.8 Å². The molecule has 0 bridgehead atoms. The molecular formula is C10H13NO3. The number of aromatic nitrogens is 1. The third kappa shape index (κ3) is 1.69. The zero-order valence-electron chi connectivity index (χ0n) is 8.53. The van der Waals surface area contributed by atoms with E-state index in [0.717, 1.165) is 17.5 Å². The monoisotopic (exact) mass is 195 g/mol. The van der Waals surface area contributed by atoms with Gasteiger partial charge in [0.1, 0.15) is 12.0 Å². The number of carbonyl (C=O) groups excluding carboxylic acids is 2. The van der Waals surface area contributed by atoms with E-state index < -0.39 is 5.97 Å². The molecule has 0 saturated carbocycles. The fourth-order valence-electron chi connectivity index (χ4n) is 1.36. The first-order valence-corrected chi connectivity index (χ1v) is 4.30. The Bertz CT molecular complexity index is 366. The highest BCUT2D eigenvalue weighted by Gasteiger charge is 2.15. The Hall–Kier alpha value is -1.58. The second kappa shape index (κ2) is 4.09. The number of carbonyl (C=O) groups is 2. The van der Waals surface area contributed by atoms with Crippen molar-refractivity contribution in [2.24, 2.45) is 0 Å². The van der Waals surface area contributed by atoms with E-state index in [1.165, 1.54) is 7.11 Å². The van der Waals surface area contributed by atoms with Crippen molar-refractivity contribution in [3.05, 3.63) is 23.0 Å². The second-order valence-electron chi connectivity index (χ2n) is 3.07. The average Bonchev–Trinajstić information content (AvgIpc) is 2.45. The van der Waals surface area contributed by atoms with Crippen molar-refractivity contribution in [3.63, 3.8) is 0 Å². The van der Waals surface area contributed by atoms with E-state index in [4.69, 9.17) is 0 Å². The lowest BCUT2D eigenvalue weighted by molar-refractivity contribution is -0.108. The molecule has 1 aromatic heterocycles. The number of hydrogen-bond acceptors (Lipinski definition) is 3. The van der Waals surface area contributed by atoms with Crippen molar-refractivity contribution in [1.82, 2.24) is 4.57 Å². The zero-order chi connectivity index (χ0) is 10.7. The minimum absolute atomic E-state index is 0.185. The molecule has 0 saturated heterocycles. The van der Waals surface area contributed by atoms with Gasteiger partial charge in [0.05, 0.1) is 13.7 Å². The van der Waals surface area contributed by atoms with Gasteiger partial charge in [-0.1, -0.05) is 0 Å². The molecule has 0 amide bonds. The molecule has 1 aromatic rings. The highest BCUT2D eigenvalue weighted by atomic mass is 16.5. The van der Waals surface area contributed by atoms with Crippen LogP contribution in [0, 0.1) is 13.8 Å². The first-order valence-electron chi connectivity index (χ1n) is 4.30. The van der Waals surface area contributed by atoms with Crippen molar-refractivity contribution in [2.45, 2.75) is 20.4 Å². The van der Waals surface area contributed by atoms with Crippen molar-refractivity contribution in [1.29, 1.82) is 0 Å². The summed E-state index contributed by atoms with van der Waals surface area (Å²) in [7, 11) is 1.32. The first-order chi connectivity index (χ1) is 6.61. The highest BCUT2D eigenvalue weighted by molar-refractivity contribution is 5.88. The fourth-order valence-corrected chi connectivity index (χ4v) is 1.36. The lowest BCUT2D eigenvalue weighted by Crippen LogP contribution is -2.12. The smallest absolute Gasteiger partial charge is 0.354 e. The number of methoxy groups -OCH3 is 1. The van der Waals surface area contributed by atoms with Crippen molar-refractivity contribution < 1.29 is 14.3 Å². The van der Waals surface area contributed by atoms with E-state index in [0.29, 0.717) is 5.69 Å². The Morgan fingerprint density at radius 3 is 2.71 bits per heavy atom. The summed E-state index contributed by atoms with van der Waals surface area (Å²) in [4.78, 5) is 21.7. The Balaban J connectivity index is 3.21. The molecule has 1 rings (SSSR count). The summed E-state index contributed by atoms with van der Waals surface area (Å²) in [6.45, 7) is 3.94. The van der Waals surface area contributed by atoms with Gasteiger partial charge in [-0.25, -0.2) is 4.79 Å². The molecule has 0 aliphatic heterocycles. The number of ether oxygens (including phenoxy) is 1. The van der Waals surface area contributed by atoms with Crippen molar-refractivity contribution >= 4 is 12.3 Å². The van der Waals surface area contributed by atoms with Crippen LogP contribution < -0.4 is 0 Å². The molecule has 0 aromatic carbocycles. The number of rotatable bonds is 3. The largest absolute Gasteiger partial charge is 0.464 e. The van der Waals surface area contributed by atoms with E-state index in [1.54, 1.807) is 10.6 Å². The number of esters is 1. The van der Waals surface area contributed by atoms with Crippen molar-refractivity contribution in [2.75, 3.05) is 7.11 Å². The normalized spacial score (nSPS) is 9.93. The van der Waals surface area contributed by atoms with Crippen LogP contribution in [0.25, 0.3) is 0 Å². The Labute approximate surface area is 82.5 Å². The summed E-state index contributed by atoms with van der Waals surface area (Å²) < 4.78 is 6.26. The maximum Gasteiger partial charge on any atom is 0.354 e. The lowest BCUT2D eigenvalue weighted by atomic mass is 10.3. The van der Waals surface area contributed by atoms with E-state index in [9.17, 15) is 9.59 Å². The quantitative estimate of drug-likeness (QED) is 0.536. The summed E-state index contributed by atoms with van der Waals surface area (Å²) in [6.07, 6.45) is 0.763. The summed E-state index contributed by atoms with van der Waals surface area (Å²) >= 11 is 0. The summed E-state index contributed by atoms with van der Waals surface area (Å²) in [6, 6.07) is 1.73. The first kappa shape index (κ1) is 10.5. The maximum atomic E-state index is 11.3. The Morgan fingerprint density at radius 2 is 2.21 bits per heavy atom. The van der Waals surface area contributed by atoms with Crippen LogP contribution in [0.5, 0.6) is 0 Å². The van der Waals surface area contributed by atoms with Crippen LogP contribution in [0.4, 0.5) is 0 Å². The fraction of sp³-hybridized carbons (Fsp3) is 0.400. The van der Waals surface area contributed by atoms with Crippen LogP contribution in [0.1, 0.15) is 21.7 Å². The molecule has 0 spiro atoms. The Morgan fingerprint density at radius 1 is 1.57 bits per heavy atom. The minimum Gasteiger partial charge on any atom is -0.464 e. The van der Waals surface area contributed by atoms with Gasteiger partial charge in [-0.3, -0.25) is 0 Å². The molecular weight excluding hydrogens is 182 g/mol. The summed E-state index contributed by atoms with van der Waals surface area (Å²) in [5.41, 5.74) is 2.32. The molecule has 76 valence electrons. The van der Waals surface area contributed by atoms with Gasteiger partial charge in [0.25, 0.3) is 0 Å². The molecule has 0 unspecified atom stereocenters. The maximum absolute atomic E-state index is 11.3. The van der Waals surface area contributed by atoms with Gasteiger partial charge >= 0.3 is 5.97 Å². The van der Waals surface area contributed by atoms with E-state index in [2.05, 4.69) is 4.74 Å². The topological polar surface area (TPSA) is 48.3 Å². The molecule has 4 heteroatoms. The van der Waals surface area contributed by atoms with Gasteiger partial charge in [0.15, 0.2) is 0 Å². The molecule has 0 radical (unpaired) electrons. The van der Waals surface area contributed by atoms with Gasteiger partial charge in [-0.2, -0.15) is 0 Å². The summed E-state index contributed by atoms with van der Waals surface area (Å²) in [5.74, 6) is -0.414. The molecule has 0 atom stereocenters. The van der Waals surface area contributed by atoms with Gasteiger partial charge in [0, 0.05) is 5.69 Å². The zero-order valence-corrected chi connectivity index (χ0v) is 8.53. The SMILES string of the molecule is COC(=O)c1cc(C)c(C)n1CC=O.